The van der Waals surface area contributed by atoms with Gasteiger partial charge in [-0.15, -0.1) is 0 Å². The normalized spacial score (nSPS) is 23.0. The molecule has 3 heterocycles. The molecular weight excluding hydrogens is 654 g/mol. The fourth-order valence-electron chi connectivity index (χ4n) is 8.08. The molecule has 3 aliphatic rings. The van der Waals surface area contributed by atoms with Gasteiger partial charge in [-0.05, 0) is 48.3 Å². The van der Waals surface area contributed by atoms with Crippen molar-refractivity contribution in [1.29, 1.82) is 0 Å². The monoisotopic (exact) mass is 687 g/mol. The molecular formula is C35H34ClN5O8. The number of Topliss-reactive ketones (excluding diaryl/α,β-unsaturated/α-hetero) is 1. The number of allylic oxidation sites excluding steroid dienone is 4. The molecule has 0 amide bonds. The Morgan fingerprint density at radius 3 is 2.45 bits per heavy atom. The van der Waals surface area contributed by atoms with Gasteiger partial charge in [0.15, 0.2) is 23.1 Å². The predicted molar refractivity (Wildman–Crippen MR) is 180 cm³/mol. The highest BCUT2D eigenvalue weighted by Crippen LogP contribution is 2.60. The lowest BCUT2D eigenvalue weighted by molar-refractivity contribution is -0.139. The molecule has 2 aromatic heterocycles. The minimum atomic E-state index is -1.22. The van der Waals surface area contributed by atoms with Crippen molar-refractivity contribution in [2.24, 2.45) is 18.4 Å². The van der Waals surface area contributed by atoms with Crippen LogP contribution in [0.15, 0.2) is 68.0 Å². The van der Waals surface area contributed by atoms with Crippen LogP contribution in [0.1, 0.15) is 43.5 Å². The number of ketones is 2. The number of halogens is 1. The molecule has 1 fully saturated rings. The Morgan fingerprint density at radius 1 is 1.04 bits per heavy atom. The van der Waals surface area contributed by atoms with Crippen molar-refractivity contribution in [3.63, 3.8) is 0 Å². The number of phenols is 1. The fraction of sp³-hybridized carbons (Fsp3) is 0.371. The number of ether oxygens (including phenoxy) is 2. The first kappa shape index (κ1) is 32.4. The second-order valence-corrected chi connectivity index (χ2v) is 13.4. The lowest BCUT2D eigenvalue weighted by Crippen LogP contribution is -2.54. The maximum absolute atomic E-state index is 14.1. The Morgan fingerprint density at radius 2 is 1.76 bits per heavy atom. The van der Waals surface area contributed by atoms with E-state index in [1.807, 2.05) is 6.08 Å². The molecule has 0 radical (unpaired) electrons. The summed E-state index contributed by atoms with van der Waals surface area (Å²) in [6, 6.07) is 7.07. The van der Waals surface area contributed by atoms with Crippen molar-refractivity contribution < 1.29 is 24.2 Å². The number of aryl methyl sites for hydroxylation is 2. The third-order valence-corrected chi connectivity index (χ3v) is 10.8. The lowest BCUT2D eigenvalue weighted by atomic mass is 9.51. The molecule has 0 spiro atoms. The number of rotatable bonds is 6. The lowest BCUT2D eigenvalue weighted by Gasteiger charge is -2.52. The first-order chi connectivity index (χ1) is 23.3. The van der Waals surface area contributed by atoms with Crippen molar-refractivity contribution >= 4 is 34.2 Å². The Kier molecular flexibility index (Phi) is 7.58. The van der Waals surface area contributed by atoms with Crippen LogP contribution in [-0.2, 0) is 36.1 Å². The van der Waals surface area contributed by atoms with Gasteiger partial charge in [-0.1, -0.05) is 30.7 Å². The average molecular weight is 688 g/mol. The summed E-state index contributed by atoms with van der Waals surface area (Å²) in [5.74, 6) is -1.14. The third-order valence-electron chi connectivity index (χ3n) is 10.5. The molecule has 4 atom stereocenters. The molecule has 2 aliphatic carbocycles. The molecule has 1 aliphatic heterocycles. The van der Waals surface area contributed by atoms with Crippen molar-refractivity contribution in [2.75, 3.05) is 14.2 Å². The van der Waals surface area contributed by atoms with Gasteiger partial charge in [0.25, 0.3) is 5.56 Å². The summed E-state index contributed by atoms with van der Waals surface area (Å²) < 4.78 is 16.0. The van der Waals surface area contributed by atoms with Crippen LogP contribution in [0, 0.1) is 11.3 Å². The Balaban J connectivity index is 1.30. The van der Waals surface area contributed by atoms with Crippen molar-refractivity contribution in [2.45, 2.75) is 51.7 Å². The molecule has 1 N–H and O–H groups in total. The first-order valence-corrected chi connectivity index (χ1v) is 16.2. The molecule has 1 saturated carbocycles. The van der Waals surface area contributed by atoms with Crippen molar-refractivity contribution in [1.82, 2.24) is 23.5 Å². The quantitative estimate of drug-likeness (QED) is 0.301. The topological polar surface area (TPSA) is 157 Å². The highest BCUT2D eigenvalue weighted by atomic mass is 35.5. The molecule has 13 nitrogen and oxygen atoms in total. The number of aromatic hydroxyl groups is 1. The van der Waals surface area contributed by atoms with Crippen LogP contribution in [0.4, 0.5) is 0 Å². The van der Waals surface area contributed by atoms with E-state index in [1.165, 1.54) is 46.4 Å². The molecule has 254 valence electrons. The van der Waals surface area contributed by atoms with Crippen molar-refractivity contribution in [3.05, 3.63) is 101 Å². The summed E-state index contributed by atoms with van der Waals surface area (Å²) in [4.78, 5) is 73.3. The van der Waals surface area contributed by atoms with E-state index in [0.717, 1.165) is 4.57 Å². The minimum Gasteiger partial charge on any atom is -0.508 e. The van der Waals surface area contributed by atoms with E-state index in [4.69, 9.17) is 21.1 Å². The number of benzene rings is 2. The number of fused-ring (bicyclic) bond motifs is 5. The van der Waals surface area contributed by atoms with Gasteiger partial charge in [0.05, 0.1) is 43.3 Å². The number of nitrogens with zero attached hydrogens (tertiary/aromatic N) is 5. The number of aromatic nitrogens is 5. The zero-order valence-corrected chi connectivity index (χ0v) is 28.3. The van der Waals surface area contributed by atoms with E-state index < -0.39 is 34.7 Å². The number of methoxy groups -OCH3 is 2. The van der Waals surface area contributed by atoms with Gasteiger partial charge in [-0.3, -0.25) is 14.4 Å². The Bertz CT molecular complexity index is 2360. The van der Waals surface area contributed by atoms with Crippen LogP contribution < -0.4 is 26.4 Å². The number of hydrogen-bond donors (Lipinski definition) is 1. The van der Waals surface area contributed by atoms with Crippen LogP contribution in [0.3, 0.4) is 0 Å². The number of hydrogen-bond acceptors (Lipinski definition) is 9. The fourth-order valence-corrected chi connectivity index (χ4v) is 8.36. The van der Waals surface area contributed by atoms with Gasteiger partial charge in [0, 0.05) is 49.0 Å². The molecule has 0 unspecified atom stereocenters. The van der Waals surface area contributed by atoms with Crippen LogP contribution >= 0.6 is 11.6 Å². The second-order valence-electron chi connectivity index (χ2n) is 13.0. The SMILES string of the molecule is COc1cc2nc(CCn3c(=O)n4n(c3=O)[C@@H]3C[C@H]5C(=O)C=C(C)C(=O)[C@@]5(C)[C@@H](c5ccc(O)cc5Cl)C3=CC4)c(=O)n(C)c2cc1OC. The third kappa shape index (κ3) is 4.66. The van der Waals surface area contributed by atoms with Gasteiger partial charge in [-0.25, -0.2) is 28.5 Å². The van der Waals surface area contributed by atoms with Gasteiger partial charge >= 0.3 is 11.4 Å². The number of carbonyl (C=O) groups excluding carboxylic acids is 2. The van der Waals surface area contributed by atoms with E-state index in [9.17, 15) is 29.1 Å². The number of carbonyl (C=O) groups is 2. The summed E-state index contributed by atoms with van der Waals surface area (Å²) in [6.45, 7) is 3.29. The second kappa shape index (κ2) is 11.5. The molecule has 14 heteroatoms. The molecule has 0 bridgehead atoms. The van der Waals surface area contributed by atoms with Crippen molar-refractivity contribution in [3.8, 4) is 17.2 Å². The van der Waals surface area contributed by atoms with Gasteiger partial charge in [0.1, 0.15) is 11.4 Å². The molecule has 4 aromatic rings. The number of phenolic OH excluding ortho intramolecular Hbond substituents is 1. The van der Waals surface area contributed by atoms with Gasteiger partial charge in [-0.2, -0.15) is 0 Å². The largest absolute Gasteiger partial charge is 0.508 e. The zero-order chi connectivity index (χ0) is 35.1. The first-order valence-electron chi connectivity index (χ1n) is 15.8. The average Bonchev–Trinajstić information content (AvgIpc) is 3.32. The van der Waals surface area contributed by atoms with E-state index in [0.29, 0.717) is 39.2 Å². The smallest absolute Gasteiger partial charge is 0.347 e. The van der Waals surface area contributed by atoms with Gasteiger partial charge < -0.3 is 19.1 Å². The standard InChI is InChI=1S/C35H34ClN5O8/c1-17-12-27(43)21-14-25-20(30(35(21,2)31(17)44)19-7-6-18(42)13-22(19)36)8-11-40-33(46)39(34(47)41(25)40)10-9-23-32(45)38(3)26-16-29(49-5)28(48-4)15-24(26)37-23/h6-8,12-13,15-16,21,25,30,42H,9-11,14H2,1-5H3/t21-,25+,30-,35+/m0/s1. The summed E-state index contributed by atoms with van der Waals surface area (Å²) in [5.41, 5.74) is -0.0600. The maximum Gasteiger partial charge on any atom is 0.347 e. The van der Waals surface area contributed by atoms with E-state index in [2.05, 4.69) is 4.98 Å². The molecule has 2 aromatic carbocycles. The minimum absolute atomic E-state index is 0.00936. The Hall–Kier alpha value is -5.17. The van der Waals surface area contributed by atoms with Crippen LogP contribution in [0.25, 0.3) is 11.0 Å². The van der Waals surface area contributed by atoms with E-state index >= 15 is 0 Å². The summed E-state index contributed by atoms with van der Waals surface area (Å²) in [5, 5.41) is 10.3. The summed E-state index contributed by atoms with van der Waals surface area (Å²) in [7, 11) is 4.60. The van der Waals surface area contributed by atoms with Crippen LogP contribution in [0.5, 0.6) is 17.2 Å². The zero-order valence-electron chi connectivity index (χ0n) is 27.5. The summed E-state index contributed by atoms with van der Waals surface area (Å²) in [6.07, 6.45) is 3.29. The van der Waals surface area contributed by atoms with Crippen LogP contribution in [0.2, 0.25) is 5.02 Å². The molecule has 7 rings (SSSR count). The van der Waals surface area contributed by atoms with Crippen LogP contribution in [-0.4, -0.2) is 54.4 Å². The van der Waals surface area contributed by atoms with E-state index in [1.54, 1.807) is 39.1 Å². The maximum atomic E-state index is 14.1. The summed E-state index contributed by atoms with van der Waals surface area (Å²) >= 11 is 6.69. The van der Waals surface area contributed by atoms with Gasteiger partial charge in [0.2, 0.25) is 0 Å². The highest BCUT2D eigenvalue weighted by molar-refractivity contribution is 6.31. The highest BCUT2D eigenvalue weighted by Gasteiger charge is 2.59. The Labute approximate surface area is 284 Å². The van der Waals surface area contributed by atoms with E-state index in [-0.39, 0.29) is 59.5 Å². The molecule has 49 heavy (non-hydrogen) atoms. The molecule has 0 saturated heterocycles. The predicted octanol–water partition coefficient (Wildman–Crippen LogP) is 3.07.